The molecule has 3 aromatic rings. The van der Waals surface area contributed by atoms with Gasteiger partial charge < -0.3 is 4.90 Å². The first-order valence-corrected chi connectivity index (χ1v) is 9.47. The number of nitrogens with zero attached hydrogens (tertiary/aromatic N) is 4. The maximum atomic E-state index is 13.1. The van der Waals surface area contributed by atoms with Gasteiger partial charge in [0.1, 0.15) is 0 Å². The van der Waals surface area contributed by atoms with E-state index < -0.39 is 5.82 Å². The van der Waals surface area contributed by atoms with E-state index in [1.165, 1.54) is 29.1 Å². The highest BCUT2D eigenvalue weighted by atomic mass is 19.1. The molecular weight excluding hydrogens is 339 g/mol. The van der Waals surface area contributed by atoms with Crippen molar-refractivity contribution in [3.63, 3.8) is 0 Å². The van der Waals surface area contributed by atoms with Crippen LogP contribution in [0.15, 0.2) is 61.2 Å². The molecular formula is C22H21FN4. The van der Waals surface area contributed by atoms with Crippen LogP contribution in [0.1, 0.15) is 41.9 Å². The molecule has 136 valence electrons. The molecule has 1 atom stereocenters. The Morgan fingerprint density at radius 1 is 0.963 bits per heavy atom. The maximum absolute atomic E-state index is 13.1. The molecule has 1 aliphatic heterocycles. The summed E-state index contributed by atoms with van der Waals surface area (Å²) in [5.41, 5.74) is 4.41. The van der Waals surface area contributed by atoms with Crippen LogP contribution in [0.4, 0.5) is 10.3 Å². The van der Waals surface area contributed by atoms with Crippen LogP contribution in [0.5, 0.6) is 0 Å². The molecule has 4 nitrogen and oxygen atoms in total. The summed E-state index contributed by atoms with van der Waals surface area (Å²) in [4.78, 5) is 14.8. The predicted octanol–water partition coefficient (Wildman–Crippen LogP) is 4.08. The molecule has 1 spiro atoms. The Morgan fingerprint density at radius 3 is 2.48 bits per heavy atom. The van der Waals surface area contributed by atoms with E-state index in [-0.39, 0.29) is 5.41 Å². The van der Waals surface area contributed by atoms with Crippen LogP contribution in [0.25, 0.3) is 0 Å². The number of rotatable bonds is 2. The lowest BCUT2D eigenvalue weighted by Crippen LogP contribution is -2.42. The Hall–Kier alpha value is -2.82. The summed E-state index contributed by atoms with van der Waals surface area (Å²) in [5.74, 6) is 0.640. The predicted molar refractivity (Wildman–Crippen MR) is 102 cm³/mol. The summed E-state index contributed by atoms with van der Waals surface area (Å²) in [5, 5.41) is 0. The highest BCUT2D eigenvalue weighted by Crippen LogP contribution is 2.53. The van der Waals surface area contributed by atoms with E-state index in [0.29, 0.717) is 11.9 Å². The van der Waals surface area contributed by atoms with E-state index in [4.69, 9.17) is 0 Å². The van der Waals surface area contributed by atoms with Crippen molar-refractivity contribution in [3.05, 3.63) is 83.7 Å². The maximum Gasteiger partial charge on any atom is 0.225 e. The largest absolute Gasteiger partial charge is 0.341 e. The molecule has 1 aromatic carbocycles. The second kappa shape index (κ2) is 6.41. The lowest BCUT2D eigenvalue weighted by molar-refractivity contribution is 0.320. The Morgan fingerprint density at radius 2 is 1.74 bits per heavy atom. The standard InChI is InChI=1S/C22H21FN4/c23-17-14-25-21(26-15-17)27-10-7-22(8-11-27)12-19(16-4-3-9-24-13-16)18-5-1-2-6-20(18)22/h1-6,9,13-15,19H,7-8,10-12H2/t19-/m0/s1. The van der Waals surface area contributed by atoms with Crippen LogP contribution in [0.2, 0.25) is 0 Å². The van der Waals surface area contributed by atoms with Crippen molar-refractivity contribution in [2.45, 2.75) is 30.6 Å². The molecule has 5 heteroatoms. The number of halogens is 1. The summed E-state index contributed by atoms with van der Waals surface area (Å²) < 4.78 is 13.1. The smallest absolute Gasteiger partial charge is 0.225 e. The first-order valence-electron chi connectivity index (χ1n) is 9.47. The van der Waals surface area contributed by atoms with E-state index in [9.17, 15) is 4.39 Å². The van der Waals surface area contributed by atoms with E-state index in [1.54, 1.807) is 0 Å². The van der Waals surface area contributed by atoms with Gasteiger partial charge in [0.25, 0.3) is 0 Å². The first kappa shape index (κ1) is 16.4. The number of anilines is 1. The van der Waals surface area contributed by atoms with Crippen LogP contribution in [-0.4, -0.2) is 28.0 Å². The Balaban J connectivity index is 1.43. The average Bonchev–Trinajstić information content (AvgIpc) is 3.05. The molecule has 2 aliphatic rings. The molecule has 0 N–H and O–H groups in total. The van der Waals surface area contributed by atoms with Gasteiger partial charge in [-0.25, -0.2) is 14.4 Å². The highest BCUT2D eigenvalue weighted by Gasteiger charge is 2.45. The van der Waals surface area contributed by atoms with Gasteiger partial charge >= 0.3 is 0 Å². The zero-order valence-corrected chi connectivity index (χ0v) is 15.1. The highest BCUT2D eigenvalue weighted by molar-refractivity contribution is 5.48. The molecule has 0 saturated carbocycles. The molecule has 27 heavy (non-hydrogen) atoms. The number of hydrogen-bond acceptors (Lipinski definition) is 4. The van der Waals surface area contributed by atoms with E-state index in [1.807, 2.05) is 18.5 Å². The van der Waals surface area contributed by atoms with E-state index in [0.717, 1.165) is 32.4 Å². The Labute approximate surface area is 158 Å². The van der Waals surface area contributed by atoms with E-state index >= 15 is 0 Å². The molecule has 1 saturated heterocycles. The van der Waals surface area contributed by atoms with Crippen LogP contribution < -0.4 is 4.90 Å². The van der Waals surface area contributed by atoms with Gasteiger partial charge in [0.15, 0.2) is 5.82 Å². The average molecular weight is 360 g/mol. The van der Waals surface area contributed by atoms with Gasteiger partial charge in [0, 0.05) is 31.4 Å². The minimum absolute atomic E-state index is 0.188. The molecule has 0 bridgehead atoms. The summed E-state index contributed by atoms with van der Waals surface area (Å²) in [6.45, 7) is 1.78. The minimum Gasteiger partial charge on any atom is -0.341 e. The normalized spacial score (nSPS) is 20.6. The van der Waals surface area contributed by atoms with Crippen molar-refractivity contribution in [2.24, 2.45) is 0 Å². The Bertz CT molecular complexity index is 934. The number of hydrogen-bond donors (Lipinski definition) is 0. The monoisotopic (exact) mass is 360 g/mol. The fraction of sp³-hybridized carbons (Fsp3) is 0.318. The van der Waals surface area contributed by atoms with Crippen molar-refractivity contribution >= 4 is 5.95 Å². The van der Waals surface area contributed by atoms with Crippen molar-refractivity contribution in [1.29, 1.82) is 0 Å². The third-order valence-corrected chi connectivity index (χ3v) is 6.20. The molecule has 0 radical (unpaired) electrons. The van der Waals surface area contributed by atoms with Crippen molar-refractivity contribution in [2.75, 3.05) is 18.0 Å². The van der Waals surface area contributed by atoms with Gasteiger partial charge in [0.05, 0.1) is 12.4 Å². The number of fused-ring (bicyclic) bond motifs is 2. The second-order valence-corrected chi connectivity index (χ2v) is 7.60. The van der Waals surface area contributed by atoms with Crippen LogP contribution in [-0.2, 0) is 5.41 Å². The van der Waals surface area contributed by atoms with Crippen molar-refractivity contribution < 1.29 is 4.39 Å². The minimum atomic E-state index is -0.392. The fourth-order valence-electron chi connectivity index (χ4n) is 4.85. The Kier molecular flexibility index (Phi) is 3.88. The lowest BCUT2D eigenvalue weighted by Gasteiger charge is -2.40. The zero-order valence-electron chi connectivity index (χ0n) is 15.1. The van der Waals surface area contributed by atoms with Crippen molar-refractivity contribution in [3.8, 4) is 0 Å². The molecule has 0 amide bonds. The summed E-state index contributed by atoms with van der Waals surface area (Å²) >= 11 is 0. The second-order valence-electron chi connectivity index (χ2n) is 7.60. The lowest BCUT2D eigenvalue weighted by atomic mass is 9.73. The number of aromatic nitrogens is 3. The quantitative estimate of drug-likeness (QED) is 0.690. The van der Waals surface area contributed by atoms with Crippen LogP contribution >= 0.6 is 0 Å². The first-order chi connectivity index (χ1) is 13.3. The third kappa shape index (κ3) is 2.78. The van der Waals surface area contributed by atoms with Gasteiger partial charge in [0.2, 0.25) is 5.95 Å². The summed E-state index contributed by atoms with van der Waals surface area (Å²) in [6, 6.07) is 13.1. The van der Waals surface area contributed by atoms with Gasteiger partial charge in [-0.05, 0) is 47.4 Å². The number of benzene rings is 1. The van der Waals surface area contributed by atoms with Crippen LogP contribution in [0, 0.1) is 5.82 Å². The molecule has 5 rings (SSSR count). The topological polar surface area (TPSA) is 41.9 Å². The molecule has 2 aromatic heterocycles. The summed E-state index contributed by atoms with van der Waals surface area (Å²) in [6.07, 6.45) is 9.56. The molecule has 1 aliphatic carbocycles. The SMILES string of the molecule is Fc1cnc(N2CCC3(CC2)C[C@@H](c2cccnc2)c2ccccc23)nc1. The number of pyridine rings is 1. The molecule has 0 unspecified atom stereocenters. The molecule has 1 fully saturated rings. The zero-order chi connectivity index (χ0) is 18.3. The number of piperidine rings is 1. The third-order valence-electron chi connectivity index (χ3n) is 6.20. The van der Waals surface area contributed by atoms with E-state index in [2.05, 4.69) is 50.2 Å². The molecule has 3 heterocycles. The summed E-state index contributed by atoms with van der Waals surface area (Å²) in [7, 11) is 0. The van der Waals surface area contributed by atoms with Crippen molar-refractivity contribution in [1.82, 2.24) is 15.0 Å². The van der Waals surface area contributed by atoms with Gasteiger partial charge in [-0.2, -0.15) is 0 Å². The van der Waals surface area contributed by atoms with Crippen LogP contribution in [0.3, 0.4) is 0 Å². The fourth-order valence-corrected chi connectivity index (χ4v) is 4.85. The van der Waals surface area contributed by atoms with Gasteiger partial charge in [-0.1, -0.05) is 30.3 Å². The van der Waals surface area contributed by atoms with Gasteiger partial charge in [-0.3, -0.25) is 4.98 Å². The van der Waals surface area contributed by atoms with Gasteiger partial charge in [-0.15, -0.1) is 0 Å².